The first-order chi connectivity index (χ1) is 12.2. The number of nitro benzene ring substituents is 1. The molecular weight excluding hydrogens is 318 g/mol. The molecule has 0 saturated carbocycles. The summed E-state index contributed by atoms with van der Waals surface area (Å²) in [4.78, 5) is 10.2. The van der Waals surface area contributed by atoms with Crippen LogP contribution in [0.4, 0.5) is 5.69 Å². The highest BCUT2D eigenvalue weighted by Crippen LogP contribution is 2.25. The van der Waals surface area contributed by atoms with Crippen molar-refractivity contribution in [3.8, 4) is 11.5 Å². The highest BCUT2D eigenvalue weighted by molar-refractivity contribution is 5.88. The molecule has 0 aromatic heterocycles. The van der Waals surface area contributed by atoms with Gasteiger partial charge in [0.25, 0.3) is 5.69 Å². The standard InChI is InChI=1S/C20H19NO4/c22-21(23)17-10-12-18(13-11-17)24-14-3-4-15-25-20-9-5-7-16-6-1-2-8-19(16)20/h1-2,5-13H,3-4,14-15H2. The number of hydrogen-bond acceptors (Lipinski definition) is 4. The van der Waals surface area contributed by atoms with Gasteiger partial charge in [0.2, 0.25) is 0 Å². The van der Waals surface area contributed by atoms with Crippen molar-refractivity contribution in [2.45, 2.75) is 12.8 Å². The Morgan fingerprint density at radius 2 is 1.48 bits per heavy atom. The molecule has 25 heavy (non-hydrogen) atoms. The van der Waals surface area contributed by atoms with Crippen LogP contribution in [0.1, 0.15) is 12.8 Å². The van der Waals surface area contributed by atoms with E-state index in [1.54, 1.807) is 12.1 Å². The first-order valence-corrected chi connectivity index (χ1v) is 8.22. The van der Waals surface area contributed by atoms with Crippen molar-refractivity contribution in [2.75, 3.05) is 13.2 Å². The van der Waals surface area contributed by atoms with Gasteiger partial charge in [-0.15, -0.1) is 0 Å². The predicted octanol–water partition coefficient (Wildman–Crippen LogP) is 4.99. The van der Waals surface area contributed by atoms with E-state index in [0.717, 1.165) is 24.0 Å². The third kappa shape index (κ3) is 4.47. The van der Waals surface area contributed by atoms with Crippen LogP contribution in [0.3, 0.4) is 0 Å². The lowest BCUT2D eigenvalue weighted by molar-refractivity contribution is -0.384. The molecule has 0 radical (unpaired) electrons. The third-order valence-electron chi connectivity index (χ3n) is 3.86. The minimum Gasteiger partial charge on any atom is -0.494 e. The Bertz CT molecular complexity index is 840. The van der Waals surface area contributed by atoms with Crippen molar-refractivity contribution < 1.29 is 14.4 Å². The molecule has 0 atom stereocenters. The number of fused-ring (bicyclic) bond motifs is 1. The van der Waals surface area contributed by atoms with Gasteiger partial charge in [-0.2, -0.15) is 0 Å². The van der Waals surface area contributed by atoms with Crippen LogP contribution < -0.4 is 9.47 Å². The zero-order valence-corrected chi connectivity index (χ0v) is 13.8. The topological polar surface area (TPSA) is 61.6 Å². The van der Waals surface area contributed by atoms with Gasteiger partial charge in [-0.05, 0) is 36.4 Å². The van der Waals surface area contributed by atoms with Gasteiger partial charge in [0.1, 0.15) is 11.5 Å². The predicted molar refractivity (Wildman–Crippen MR) is 97.3 cm³/mol. The monoisotopic (exact) mass is 337 g/mol. The maximum absolute atomic E-state index is 10.6. The molecule has 3 rings (SSSR count). The first-order valence-electron chi connectivity index (χ1n) is 8.22. The van der Waals surface area contributed by atoms with Crippen LogP contribution in [-0.2, 0) is 0 Å². The van der Waals surface area contributed by atoms with E-state index >= 15 is 0 Å². The maximum Gasteiger partial charge on any atom is 0.269 e. The minimum absolute atomic E-state index is 0.0656. The Hall–Kier alpha value is -3.08. The fraction of sp³-hybridized carbons (Fsp3) is 0.200. The molecule has 5 heteroatoms. The van der Waals surface area contributed by atoms with E-state index in [1.807, 2.05) is 24.3 Å². The zero-order chi connectivity index (χ0) is 17.5. The van der Waals surface area contributed by atoms with E-state index in [0.29, 0.717) is 19.0 Å². The average Bonchev–Trinajstić information content (AvgIpc) is 2.65. The number of hydrogen-bond donors (Lipinski definition) is 0. The van der Waals surface area contributed by atoms with Crippen molar-refractivity contribution >= 4 is 16.5 Å². The number of ether oxygens (including phenoxy) is 2. The molecule has 0 aliphatic carbocycles. The molecule has 0 amide bonds. The van der Waals surface area contributed by atoms with Crippen molar-refractivity contribution in [3.05, 3.63) is 76.8 Å². The van der Waals surface area contributed by atoms with E-state index in [1.165, 1.54) is 17.5 Å². The molecule has 0 fully saturated rings. The summed E-state index contributed by atoms with van der Waals surface area (Å²) in [6.07, 6.45) is 1.72. The lowest BCUT2D eigenvalue weighted by Gasteiger charge is -2.10. The first kappa shape index (κ1) is 16.8. The zero-order valence-electron chi connectivity index (χ0n) is 13.8. The molecule has 0 spiro atoms. The van der Waals surface area contributed by atoms with Crippen LogP contribution in [0.5, 0.6) is 11.5 Å². The second-order valence-electron chi connectivity index (χ2n) is 5.63. The molecule has 0 saturated heterocycles. The summed E-state index contributed by atoms with van der Waals surface area (Å²) in [6.45, 7) is 1.17. The summed E-state index contributed by atoms with van der Waals surface area (Å²) >= 11 is 0. The summed E-state index contributed by atoms with van der Waals surface area (Å²) in [5, 5.41) is 12.9. The summed E-state index contributed by atoms with van der Waals surface area (Å²) in [5.41, 5.74) is 0.0656. The summed E-state index contributed by atoms with van der Waals surface area (Å²) in [5.74, 6) is 1.54. The Morgan fingerprint density at radius 3 is 2.24 bits per heavy atom. The fourth-order valence-electron chi connectivity index (χ4n) is 2.56. The normalized spacial score (nSPS) is 10.6. The van der Waals surface area contributed by atoms with E-state index < -0.39 is 4.92 Å². The number of benzene rings is 3. The van der Waals surface area contributed by atoms with Gasteiger partial charge in [0.05, 0.1) is 18.1 Å². The number of non-ortho nitro benzene ring substituents is 1. The Kier molecular flexibility index (Phi) is 5.46. The van der Waals surface area contributed by atoms with E-state index in [9.17, 15) is 10.1 Å². The van der Waals surface area contributed by atoms with E-state index in [2.05, 4.69) is 18.2 Å². The number of nitro groups is 1. The number of nitrogens with zero attached hydrogens (tertiary/aromatic N) is 1. The van der Waals surface area contributed by atoms with Crippen LogP contribution >= 0.6 is 0 Å². The third-order valence-corrected chi connectivity index (χ3v) is 3.86. The lowest BCUT2D eigenvalue weighted by atomic mass is 10.1. The van der Waals surface area contributed by atoms with Gasteiger partial charge >= 0.3 is 0 Å². The lowest BCUT2D eigenvalue weighted by Crippen LogP contribution is -2.02. The summed E-state index contributed by atoms with van der Waals surface area (Å²) < 4.78 is 11.5. The molecule has 5 nitrogen and oxygen atoms in total. The van der Waals surface area contributed by atoms with Crippen LogP contribution in [0, 0.1) is 10.1 Å². The fourth-order valence-corrected chi connectivity index (χ4v) is 2.56. The van der Waals surface area contributed by atoms with Crippen molar-refractivity contribution in [1.82, 2.24) is 0 Å². The van der Waals surface area contributed by atoms with Crippen LogP contribution in [-0.4, -0.2) is 18.1 Å². The Morgan fingerprint density at radius 1 is 0.800 bits per heavy atom. The van der Waals surface area contributed by atoms with Crippen molar-refractivity contribution in [1.29, 1.82) is 0 Å². The van der Waals surface area contributed by atoms with Gasteiger partial charge in [0.15, 0.2) is 0 Å². The Balaban J connectivity index is 1.41. The maximum atomic E-state index is 10.6. The Labute approximate surface area is 146 Å². The van der Waals surface area contributed by atoms with Gasteiger partial charge < -0.3 is 9.47 Å². The van der Waals surface area contributed by atoms with Crippen molar-refractivity contribution in [3.63, 3.8) is 0 Å². The molecule has 0 bridgehead atoms. The summed E-state index contributed by atoms with van der Waals surface area (Å²) in [6, 6.07) is 20.3. The molecule has 0 heterocycles. The number of rotatable bonds is 8. The molecule has 128 valence electrons. The molecule has 0 N–H and O–H groups in total. The molecule has 3 aromatic carbocycles. The quantitative estimate of drug-likeness (QED) is 0.330. The van der Waals surface area contributed by atoms with Crippen LogP contribution in [0.2, 0.25) is 0 Å². The minimum atomic E-state index is -0.422. The van der Waals surface area contributed by atoms with Gasteiger partial charge in [-0.3, -0.25) is 10.1 Å². The van der Waals surface area contributed by atoms with Crippen LogP contribution in [0.25, 0.3) is 10.8 Å². The highest BCUT2D eigenvalue weighted by atomic mass is 16.6. The SMILES string of the molecule is O=[N+]([O-])c1ccc(OCCCCOc2cccc3ccccc23)cc1. The largest absolute Gasteiger partial charge is 0.494 e. The van der Waals surface area contributed by atoms with Gasteiger partial charge in [0, 0.05) is 17.5 Å². The average molecular weight is 337 g/mol. The molecule has 0 aliphatic rings. The van der Waals surface area contributed by atoms with E-state index in [-0.39, 0.29) is 5.69 Å². The summed E-state index contributed by atoms with van der Waals surface area (Å²) in [7, 11) is 0. The molecule has 3 aromatic rings. The second kappa shape index (κ2) is 8.15. The van der Waals surface area contributed by atoms with Crippen molar-refractivity contribution in [2.24, 2.45) is 0 Å². The number of unbranched alkanes of at least 4 members (excludes halogenated alkanes) is 1. The molecule has 0 unspecified atom stereocenters. The van der Waals surface area contributed by atoms with Crippen LogP contribution in [0.15, 0.2) is 66.7 Å². The van der Waals surface area contributed by atoms with Gasteiger partial charge in [-0.1, -0.05) is 36.4 Å². The van der Waals surface area contributed by atoms with E-state index in [4.69, 9.17) is 9.47 Å². The highest BCUT2D eigenvalue weighted by Gasteiger charge is 2.04. The smallest absolute Gasteiger partial charge is 0.269 e. The second-order valence-corrected chi connectivity index (χ2v) is 5.63. The molecule has 0 aliphatic heterocycles. The molecular formula is C20H19NO4. The van der Waals surface area contributed by atoms with Gasteiger partial charge in [-0.25, -0.2) is 0 Å².